The maximum absolute atomic E-state index is 12.0. The summed E-state index contributed by atoms with van der Waals surface area (Å²) in [4.78, 5) is 24.3. The first kappa shape index (κ1) is 12.6. The summed E-state index contributed by atoms with van der Waals surface area (Å²) in [6.45, 7) is 2.92. The lowest BCUT2D eigenvalue weighted by Gasteiger charge is -2.30. The van der Waals surface area contributed by atoms with Crippen LogP contribution < -0.4 is 0 Å². The van der Waals surface area contributed by atoms with Gasteiger partial charge in [-0.05, 0) is 25.7 Å². The zero-order chi connectivity index (χ0) is 13.1. The Labute approximate surface area is 105 Å². The number of hydrogen-bond donors (Lipinski definition) is 1. The number of piperidine rings is 1. The molecular weight excluding hydrogens is 236 g/mol. The van der Waals surface area contributed by atoms with Gasteiger partial charge in [0.25, 0.3) is 5.91 Å². The van der Waals surface area contributed by atoms with Gasteiger partial charge in [-0.15, -0.1) is 0 Å². The molecule has 18 heavy (non-hydrogen) atoms. The molecule has 6 nitrogen and oxygen atoms in total. The largest absolute Gasteiger partial charge is 0.481 e. The second kappa shape index (κ2) is 5.20. The normalized spacial score (nSPS) is 16.8. The highest BCUT2D eigenvalue weighted by molar-refractivity contribution is 5.91. The number of carboxylic acids is 1. The van der Waals surface area contributed by atoms with Crippen molar-refractivity contribution in [2.75, 3.05) is 13.1 Å². The number of likely N-dealkylation sites (tertiary alicyclic amines) is 1. The number of carboxylic acid groups (broad SMARTS) is 1. The standard InChI is InChI=1S/C12H16N2O4/c1-8-6-10(18-13-8)12(17)14-4-2-9(3-5-14)7-11(15)16/h6,9H,2-5,7H2,1H3,(H,15,16). The highest BCUT2D eigenvalue weighted by Crippen LogP contribution is 2.21. The lowest BCUT2D eigenvalue weighted by Crippen LogP contribution is -2.38. The predicted molar refractivity (Wildman–Crippen MR) is 62.1 cm³/mol. The molecule has 1 amide bonds. The first-order chi connectivity index (χ1) is 8.56. The molecule has 0 atom stereocenters. The summed E-state index contributed by atoms with van der Waals surface area (Å²) in [5.41, 5.74) is 0.680. The molecule has 0 saturated carbocycles. The number of nitrogens with zero attached hydrogens (tertiary/aromatic N) is 2. The minimum absolute atomic E-state index is 0.163. The maximum atomic E-state index is 12.0. The Morgan fingerprint density at radius 3 is 2.67 bits per heavy atom. The van der Waals surface area contributed by atoms with E-state index in [1.807, 2.05) is 0 Å². The Morgan fingerprint density at radius 2 is 2.17 bits per heavy atom. The molecule has 6 heteroatoms. The van der Waals surface area contributed by atoms with E-state index in [4.69, 9.17) is 9.63 Å². The highest BCUT2D eigenvalue weighted by Gasteiger charge is 2.26. The van der Waals surface area contributed by atoms with E-state index >= 15 is 0 Å². The van der Waals surface area contributed by atoms with Crippen molar-refractivity contribution in [1.29, 1.82) is 0 Å². The van der Waals surface area contributed by atoms with Crippen LogP contribution in [0.5, 0.6) is 0 Å². The smallest absolute Gasteiger partial charge is 0.303 e. The summed E-state index contributed by atoms with van der Waals surface area (Å²) in [5, 5.41) is 12.4. The van der Waals surface area contributed by atoms with E-state index < -0.39 is 5.97 Å². The molecule has 1 aliphatic heterocycles. The quantitative estimate of drug-likeness (QED) is 0.876. The molecule has 0 aromatic carbocycles. The summed E-state index contributed by atoms with van der Waals surface area (Å²) in [6, 6.07) is 1.62. The van der Waals surface area contributed by atoms with Crippen LogP contribution in [0.3, 0.4) is 0 Å². The third-order valence-corrected chi connectivity index (χ3v) is 3.20. The molecule has 1 aromatic rings. The van der Waals surface area contributed by atoms with E-state index in [1.165, 1.54) is 0 Å². The van der Waals surface area contributed by atoms with Crippen LogP contribution in [0, 0.1) is 12.8 Å². The fourth-order valence-corrected chi connectivity index (χ4v) is 2.21. The van der Waals surface area contributed by atoms with Crippen LogP contribution in [0.2, 0.25) is 0 Å². The zero-order valence-electron chi connectivity index (χ0n) is 10.3. The zero-order valence-corrected chi connectivity index (χ0v) is 10.3. The second-order valence-electron chi connectivity index (χ2n) is 4.67. The fourth-order valence-electron chi connectivity index (χ4n) is 2.21. The van der Waals surface area contributed by atoms with Crippen LogP contribution in [0.15, 0.2) is 10.6 Å². The molecule has 1 N–H and O–H groups in total. The lowest BCUT2D eigenvalue weighted by molar-refractivity contribution is -0.138. The topological polar surface area (TPSA) is 83.6 Å². The Kier molecular flexibility index (Phi) is 3.64. The predicted octanol–water partition coefficient (Wildman–Crippen LogP) is 1.31. The minimum Gasteiger partial charge on any atom is -0.481 e. The van der Waals surface area contributed by atoms with Gasteiger partial charge in [-0.25, -0.2) is 0 Å². The van der Waals surface area contributed by atoms with Gasteiger partial charge >= 0.3 is 5.97 Å². The Hall–Kier alpha value is -1.85. The van der Waals surface area contributed by atoms with Crippen molar-refractivity contribution in [3.8, 4) is 0 Å². The van der Waals surface area contributed by atoms with Gasteiger partial charge in [0, 0.05) is 25.6 Å². The SMILES string of the molecule is Cc1cc(C(=O)N2CCC(CC(=O)O)CC2)on1. The van der Waals surface area contributed by atoms with Crippen molar-refractivity contribution >= 4 is 11.9 Å². The van der Waals surface area contributed by atoms with Gasteiger partial charge in [-0.3, -0.25) is 9.59 Å². The minimum atomic E-state index is -0.773. The van der Waals surface area contributed by atoms with Crippen LogP contribution in [0.4, 0.5) is 0 Å². The summed E-state index contributed by atoms with van der Waals surface area (Å²) in [7, 11) is 0. The van der Waals surface area contributed by atoms with E-state index in [1.54, 1.807) is 17.9 Å². The monoisotopic (exact) mass is 252 g/mol. The Bertz CT molecular complexity index is 447. The number of aryl methyl sites for hydroxylation is 1. The molecule has 1 fully saturated rings. The number of carbonyl (C=O) groups excluding carboxylic acids is 1. The number of rotatable bonds is 3. The highest BCUT2D eigenvalue weighted by atomic mass is 16.5. The molecule has 2 heterocycles. The van der Waals surface area contributed by atoms with Crippen molar-refractivity contribution in [2.45, 2.75) is 26.2 Å². The van der Waals surface area contributed by atoms with Crippen molar-refractivity contribution in [1.82, 2.24) is 10.1 Å². The number of amides is 1. The molecule has 0 spiro atoms. The third-order valence-electron chi connectivity index (χ3n) is 3.20. The fraction of sp³-hybridized carbons (Fsp3) is 0.583. The molecule has 98 valence electrons. The molecule has 1 saturated heterocycles. The lowest BCUT2D eigenvalue weighted by atomic mass is 9.93. The number of aromatic nitrogens is 1. The Balaban J connectivity index is 1.90. The average molecular weight is 252 g/mol. The van der Waals surface area contributed by atoms with E-state index in [2.05, 4.69) is 5.16 Å². The van der Waals surface area contributed by atoms with E-state index in [0.29, 0.717) is 18.8 Å². The number of carbonyl (C=O) groups is 2. The van der Waals surface area contributed by atoms with Gasteiger partial charge in [0.05, 0.1) is 5.69 Å². The van der Waals surface area contributed by atoms with Crippen LogP contribution in [0.25, 0.3) is 0 Å². The maximum Gasteiger partial charge on any atom is 0.303 e. The summed E-state index contributed by atoms with van der Waals surface area (Å²) in [5.74, 6) is -0.512. The molecule has 0 aliphatic carbocycles. The van der Waals surface area contributed by atoms with Crippen molar-refractivity contribution in [3.63, 3.8) is 0 Å². The molecular formula is C12H16N2O4. The van der Waals surface area contributed by atoms with Crippen LogP contribution >= 0.6 is 0 Å². The molecule has 1 aliphatic rings. The third kappa shape index (κ3) is 2.88. The van der Waals surface area contributed by atoms with Gasteiger partial charge in [-0.1, -0.05) is 5.16 Å². The number of hydrogen-bond acceptors (Lipinski definition) is 4. The van der Waals surface area contributed by atoms with Gasteiger partial charge < -0.3 is 14.5 Å². The first-order valence-electron chi connectivity index (χ1n) is 6.00. The van der Waals surface area contributed by atoms with E-state index in [0.717, 1.165) is 12.8 Å². The van der Waals surface area contributed by atoms with E-state index in [-0.39, 0.29) is 24.0 Å². The van der Waals surface area contributed by atoms with Crippen LogP contribution in [-0.4, -0.2) is 40.1 Å². The van der Waals surface area contributed by atoms with Gasteiger partial charge in [0.2, 0.25) is 5.76 Å². The summed E-state index contributed by atoms with van der Waals surface area (Å²) >= 11 is 0. The van der Waals surface area contributed by atoms with Crippen LogP contribution in [0.1, 0.15) is 35.5 Å². The van der Waals surface area contributed by atoms with Crippen LogP contribution in [-0.2, 0) is 4.79 Å². The molecule has 0 bridgehead atoms. The van der Waals surface area contributed by atoms with E-state index in [9.17, 15) is 9.59 Å². The molecule has 1 aromatic heterocycles. The van der Waals surface area contributed by atoms with Crippen molar-refractivity contribution in [3.05, 3.63) is 17.5 Å². The first-order valence-corrected chi connectivity index (χ1v) is 6.00. The molecule has 2 rings (SSSR count). The molecule has 0 radical (unpaired) electrons. The van der Waals surface area contributed by atoms with Crippen molar-refractivity contribution in [2.24, 2.45) is 5.92 Å². The second-order valence-corrected chi connectivity index (χ2v) is 4.67. The van der Waals surface area contributed by atoms with Crippen molar-refractivity contribution < 1.29 is 19.2 Å². The van der Waals surface area contributed by atoms with Gasteiger partial charge in [0.1, 0.15) is 0 Å². The summed E-state index contributed by atoms with van der Waals surface area (Å²) in [6.07, 6.45) is 1.64. The Morgan fingerprint density at radius 1 is 1.50 bits per heavy atom. The average Bonchev–Trinajstić information content (AvgIpc) is 2.75. The van der Waals surface area contributed by atoms with Gasteiger partial charge in [-0.2, -0.15) is 0 Å². The molecule has 0 unspecified atom stereocenters. The number of aliphatic carboxylic acids is 1. The van der Waals surface area contributed by atoms with Gasteiger partial charge in [0.15, 0.2) is 0 Å². The summed E-state index contributed by atoms with van der Waals surface area (Å²) < 4.78 is 4.94.